The van der Waals surface area contributed by atoms with Gasteiger partial charge >= 0.3 is 0 Å². The number of anilines is 1. The molecule has 0 spiro atoms. The van der Waals surface area contributed by atoms with E-state index in [1.165, 1.54) is 12.1 Å². The number of hydrogen-bond acceptors (Lipinski definition) is 3. The van der Waals surface area contributed by atoms with Gasteiger partial charge in [-0.3, -0.25) is 4.79 Å². The Morgan fingerprint density at radius 1 is 0.800 bits per heavy atom. The monoisotopic (exact) mass is 568 g/mol. The summed E-state index contributed by atoms with van der Waals surface area (Å²) in [5.41, 5.74) is 7.59. The number of aromatic nitrogens is 1. The van der Waals surface area contributed by atoms with E-state index >= 15 is 0 Å². The second-order valence-electron chi connectivity index (χ2n) is 9.69. The molecular weight excluding hydrogens is 546 g/mol. The van der Waals surface area contributed by atoms with Gasteiger partial charge in [-0.05, 0) is 78.2 Å². The maximum absolute atomic E-state index is 13.7. The van der Waals surface area contributed by atoms with Crippen molar-refractivity contribution >= 4 is 34.8 Å². The summed E-state index contributed by atoms with van der Waals surface area (Å²) >= 11 is 12.5. The third kappa shape index (κ3) is 5.31. The highest BCUT2D eigenvalue weighted by atomic mass is 35.5. The number of carbonyl (C=O) groups is 1. The number of carbonyl (C=O) groups excluding carboxylic acids is 1. The van der Waals surface area contributed by atoms with Crippen LogP contribution >= 0.6 is 23.2 Å². The van der Waals surface area contributed by atoms with Gasteiger partial charge < -0.3 is 9.64 Å². The smallest absolute Gasteiger partial charge is 0.265 e. The van der Waals surface area contributed by atoms with Crippen molar-refractivity contribution in [2.45, 2.75) is 13.5 Å². The first-order chi connectivity index (χ1) is 19.3. The topological polar surface area (TPSA) is 42.4 Å². The number of aryl methyl sites for hydroxylation is 1. The van der Waals surface area contributed by atoms with Gasteiger partial charge in [0.1, 0.15) is 11.6 Å². The number of hydrogen-bond donors (Lipinski definition) is 0. The average Bonchev–Trinajstić information content (AvgIpc) is 2.96. The fraction of sp³-hybridized carbons (Fsp3) is 0.0909. The number of benzene rings is 4. The van der Waals surface area contributed by atoms with Crippen molar-refractivity contribution < 1.29 is 13.9 Å². The molecule has 0 saturated carbocycles. The van der Waals surface area contributed by atoms with Gasteiger partial charge in [0.15, 0.2) is 6.61 Å². The van der Waals surface area contributed by atoms with Crippen molar-refractivity contribution in [3.05, 3.63) is 124 Å². The van der Waals surface area contributed by atoms with Crippen LogP contribution in [0.25, 0.3) is 33.6 Å². The van der Waals surface area contributed by atoms with Crippen molar-refractivity contribution in [2.24, 2.45) is 0 Å². The van der Waals surface area contributed by atoms with Gasteiger partial charge in [-0.25, -0.2) is 9.37 Å². The fourth-order valence-corrected chi connectivity index (χ4v) is 5.18. The molecule has 0 saturated heterocycles. The molecule has 2 heterocycles. The third-order valence-electron chi connectivity index (χ3n) is 6.89. The predicted molar refractivity (Wildman–Crippen MR) is 158 cm³/mol. The summed E-state index contributed by atoms with van der Waals surface area (Å²) in [5.74, 6) is 0.128. The molecular formula is C33H23Cl2FN2O2. The summed E-state index contributed by atoms with van der Waals surface area (Å²) in [6.45, 7) is 2.25. The molecule has 7 heteroatoms. The van der Waals surface area contributed by atoms with E-state index in [0.717, 1.165) is 39.1 Å². The maximum atomic E-state index is 13.7. The standard InChI is InChI=1S/C33H23Cl2FN2O2/c1-20-2-4-22(5-3-20)29-14-25(21-7-11-27(36)12-8-21)15-30(37-29)23-9-13-32-31(16-23)38(33(39)19-40-32)18-24-6-10-26(34)17-28(24)35/h2-17H,18-19H2,1H3. The molecule has 1 aliphatic rings. The van der Waals surface area contributed by atoms with Gasteiger partial charge in [0.05, 0.1) is 23.6 Å². The Kier molecular flexibility index (Phi) is 7.01. The predicted octanol–water partition coefficient (Wildman–Crippen LogP) is 8.76. The summed E-state index contributed by atoms with van der Waals surface area (Å²) in [4.78, 5) is 19.7. The molecule has 0 aliphatic carbocycles. The van der Waals surface area contributed by atoms with Crippen LogP contribution in [0.15, 0.2) is 97.1 Å². The molecule has 0 radical (unpaired) electrons. The van der Waals surface area contributed by atoms with E-state index in [-0.39, 0.29) is 24.9 Å². The minimum Gasteiger partial charge on any atom is -0.482 e. The molecule has 1 aliphatic heterocycles. The van der Waals surface area contributed by atoms with Crippen molar-refractivity contribution in [3.63, 3.8) is 0 Å². The molecule has 1 aromatic heterocycles. The highest BCUT2D eigenvalue weighted by Crippen LogP contribution is 2.39. The lowest BCUT2D eigenvalue weighted by Gasteiger charge is -2.30. The van der Waals surface area contributed by atoms with Crippen LogP contribution in [0.3, 0.4) is 0 Å². The minimum atomic E-state index is -0.294. The molecule has 1 amide bonds. The van der Waals surface area contributed by atoms with Crippen molar-refractivity contribution in [3.8, 4) is 39.4 Å². The first-order valence-electron chi connectivity index (χ1n) is 12.7. The van der Waals surface area contributed by atoms with E-state index in [2.05, 4.69) is 0 Å². The lowest BCUT2D eigenvalue weighted by atomic mass is 9.99. The SMILES string of the molecule is Cc1ccc(-c2cc(-c3ccc(F)cc3)cc(-c3ccc4c(c3)N(Cc3ccc(Cl)cc3Cl)C(=O)CO4)n2)cc1. The van der Waals surface area contributed by atoms with Crippen LogP contribution in [0, 0.1) is 12.7 Å². The zero-order valence-electron chi connectivity index (χ0n) is 21.5. The molecule has 40 heavy (non-hydrogen) atoms. The van der Waals surface area contributed by atoms with E-state index in [4.69, 9.17) is 32.9 Å². The Hall–Kier alpha value is -4.19. The number of pyridine rings is 1. The van der Waals surface area contributed by atoms with E-state index in [1.54, 1.807) is 29.2 Å². The molecule has 0 bridgehead atoms. The number of nitrogens with zero attached hydrogens (tertiary/aromatic N) is 2. The van der Waals surface area contributed by atoms with E-state index in [1.807, 2.05) is 67.6 Å². The second kappa shape index (κ2) is 10.8. The first-order valence-corrected chi connectivity index (χ1v) is 13.5. The second-order valence-corrected chi connectivity index (χ2v) is 10.5. The van der Waals surface area contributed by atoms with Crippen LogP contribution in [0.1, 0.15) is 11.1 Å². The molecule has 5 aromatic rings. The van der Waals surface area contributed by atoms with Gasteiger partial charge in [-0.1, -0.05) is 71.2 Å². The molecule has 198 valence electrons. The van der Waals surface area contributed by atoms with Gasteiger partial charge in [0, 0.05) is 21.2 Å². The first kappa shape index (κ1) is 26.1. The molecule has 0 N–H and O–H groups in total. The average molecular weight is 569 g/mol. The quantitative estimate of drug-likeness (QED) is 0.213. The van der Waals surface area contributed by atoms with Gasteiger partial charge in [-0.15, -0.1) is 0 Å². The fourth-order valence-electron chi connectivity index (χ4n) is 4.71. The Labute approximate surface area is 241 Å². The summed E-state index contributed by atoms with van der Waals surface area (Å²) in [5, 5.41) is 1.02. The Balaban J connectivity index is 1.46. The van der Waals surface area contributed by atoms with Crippen LogP contribution < -0.4 is 9.64 Å². The Bertz CT molecular complexity index is 1670. The largest absolute Gasteiger partial charge is 0.482 e. The number of fused-ring (bicyclic) bond motifs is 1. The van der Waals surface area contributed by atoms with Crippen molar-refractivity contribution in [1.82, 2.24) is 4.98 Å². The molecule has 4 nitrogen and oxygen atoms in total. The Morgan fingerprint density at radius 2 is 1.48 bits per heavy atom. The van der Waals surface area contributed by atoms with Gasteiger partial charge in [0.2, 0.25) is 0 Å². The summed E-state index contributed by atoms with van der Waals surface area (Å²) in [6, 6.07) is 29.5. The highest BCUT2D eigenvalue weighted by Gasteiger charge is 2.27. The Morgan fingerprint density at radius 3 is 2.20 bits per heavy atom. The van der Waals surface area contributed by atoms with E-state index in [0.29, 0.717) is 27.2 Å². The summed E-state index contributed by atoms with van der Waals surface area (Å²) in [6.07, 6.45) is 0. The van der Waals surface area contributed by atoms with E-state index in [9.17, 15) is 9.18 Å². The summed E-state index contributed by atoms with van der Waals surface area (Å²) < 4.78 is 19.4. The molecule has 0 fully saturated rings. The summed E-state index contributed by atoms with van der Waals surface area (Å²) in [7, 11) is 0. The van der Waals surface area contributed by atoms with Crippen LogP contribution in [-0.2, 0) is 11.3 Å². The third-order valence-corrected chi connectivity index (χ3v) is 7.48. The molecule has 0 unspecified atom stereocenters. The van der Waals surface area contributed by atoms with Gasteiger partial charge in [-0.2, -0.15) is 0 Å². The van der Waals surface area contributed by atoms with Crippen LogP contribution in [0.5, 0.6) is 5.75 Å². The van der Waals surface area contributed by atoms with E-state index < -0.39 is 0 Å². The maximum Gasteiger partial charge on any atom is 0.265 e. The number of rotatable bonds is 5. The number of amides is 1. The molecule has 4 aromatic carbocycles. The van der Waals surface area contributed by atoms with Crippen LogP contribution in [0.2, 0.25) is 10.0 Å². The zero-order chi connectivity index (χ0) is 27.8. The normalized spacial score (nSPS) is 12.7. The zero-order valence-corrected chi connectivity index (χ0v) is 23.0. The van der Waals surface area contributed by atoms with Crippen molar-refractivity contribution in [1.29, 1.82) is 0 Å². The van der Waals surface area contributed by atoms with Crippen LogP contribution in [0.4, 0.5) is 10.1 Å². The van der Waals surface area contributed by atoms with Crippen LogP contribution in [-0.4, -0.2) is 17.5 Å². The minimum absolute atomic E-state index is 0.0621. The van der Waals surface area contributed by atoms with Gasteiger partial charge in [0.25, 0.3) is 5.91 Å². The lowest BCUT2D eigenvalue weighted by molar-refractivity contribution is -0.121. The molecule has 6 rings (SSSR count). The highest BCUT2D eigenvalue weighted by molar-refractivity contribution is 6.35. The number of ether oxygens (including phenoxy) is 1. The van der Waals surface area contributed by atoms with Crippen molar-refractivity contribution in [2.75, 3.05) is 11.5 Å². The lowest BCUT2D eigenvalue weighted by Crippen LogP contribution is -2.38. The number of halogens is 3. The molecule has 0 atom stereocenters.